The average Bonchev–Trinajstić information content (AvgIpc) is 4.61. The molecule has 6 saturated carbocycles. The molecule has 6 aromatic rings. The van der Waals surface area contributed by atoms with Gasteiger partial charge in [0.2, 0.25) is 0 Å². The molecule has 0 atom stereocenters. The molecule has 0 spiro atoms. The molecule has 0 saturated heterocycles. The molecular formula is C61H91B2Cl3N16O2. The van der Waals surface area contributed by atoms with Crippen LogP contribution < -0.4 is 5.73 Å². The standard InChI is InChI=1S/C19H26ClN5.C19H27N5.C18H25ClN6.C4H8O2.CH4.B2.ClH/c1-12-3-5-14(6-4-12)10-17-21-11-15(20)18(22-17)19-16(9-13-7-8-13)25(2)24-23-19;1-13-3-5-15(6-4-13)12-18-20-10-9-16(21-18)19-17(11-14-7-8-14)24(2)23-22-19;1-25-15(8-11-2-3-11)18(23-24-25)17-14(19)10-21-16(22-17)9-12-4-6-13(20)7-5-12;1-3-6-4(2)5;;1-2;/h11-14H,3-10H2,1-2H3;9-10,13-15H,3-8,11-12H2,1-2H3;10-13H,2-9,20H2,1H3;3H2,1-2H3;1H4;;1H. The van der Waals surface area contributed by atoms with E-state index in [4.69, 9.17) is 43.9 Å². The number of ether oxygens (including phenoxy) is 1. The predicted molar refractivity (Wildman–Crippen MR) is 336 cm³/mol. The zero-order valence-corrected chi connectivity index (χ0v) is 52.4. The summed E-state index contributed by atoms with van der Waals surface area (Å²) < 4.78 is 10.0. The van der Waals surface area contributed by atoms with E-state index in [1.165, 1.54) is 103 Å². The maximum atomic E-state index is 9.82. The van der Waals surface area contributed by atoms with E-state index in [2.05, 4.69) is 79.9 Å². The molecule has 454 valence electrons. The lowest BCUT2D eigenvalue weighted by molar-refractivity contribution is -0.140. The third-order valence-corrected chi connectivity index (χ3v) is 17.8. The molecule has 0 bridgehead atoms. The molecule has 0 amide bonds. The van der Waals surface area contributed by atoms with Gasteiger partial charge in [-0.3, -0.25) is 18.8 Å². The van der Waals surface area contributed by atoms with Gasteiger partial charge in [-0.25, -0.2) is 29.9 Å². The highest BCUT2D eigenvalue weighted by Gasteiger charge is 2.31. The summed E-state index contributed by atoms with van der Waals surface area (Å²) in [5.41, 5.74) is 14.5. The summed E-state index contributed by atoms with van der Waals surface area (Å²) in [6.45, 7) is 8.37. The Hall–Kier alpha value is -4.91. The fourth-order valence-electron chi connectivity index (χ4n) is 11.6. The summed E-state index contributed by atoms with van der Waals surface area (Å²) in [6.07, 6.45) is 34.1. The smallest absolute Gasteiger partial charge is 0.302 e. The van der Waals surface area contributed by atoms with Crippen molar-refractivity contribution in [3.05, 3.63) is 69.3 Å². The maximum absolute atomic E-state index is 9.82. The van der Waals surface area contributed by atoms with E-state index in [9.17, 15) is 4.79 Å². The lowest BCUT2D eigenvalue weighted by Crippen LogP contribution is -2.27. The van der Waals surface area contributed by atoms with E-state index in [1.807, 2.05) is 47.5 Å². The number of hydrogen-bond donors (Lipinski definition) is 1. The molecule has 4 radical (unpaired) electrons. The van der Waals surface area contributed by atoms with Crippen LogP contribution in [0.1, 0.15) is 185 Å². The van der Waals surface area contributed by atoms with Gasteiger partial charge in [-0.2, -0.15) is 0 Å². The second-order valence-corrected chi connectivity index (χ2v) is 25.2. The molecular weight excluding hydrogens is 1120 g/mol. The molecule has 18 nitrogen and oxygen atoms in total. The maximum Gasteiger partial charge on any atom is 0.302 e. The van der Waals surface area contributed by atoms with Crippen LogP contribution >= 0.6 is 35.6 Å². The van der Waals surface area contributed by atoms with Gasteiger partial charge in [0.15, 0.2) is 0 Å². The lowest BCUT2D eigenvalue weighted by atomic mass is 9.81. The van der Waals surface area contributed by atoms with Crippen molar-refractivity contribution in [3.63, 3.8) is 0 Å². The van der Waals surface area contributed by atoms with Crippen LogP contribution in [-0.2, 0) is 69.2 Å². The molecule has 2 N–H and O–H groups in total. The molecule has 84 heavy (non-hydrogen) atoms. The fraction of sp³-hybridized carbons (Fsp3) is 0.689. The van der Waals surface area contributed by atoms with E-state index < -0.39 is 0 Å². The van der Waals surface area contributed by atoms with Crippen molar-refractivity contribution >= 4 is 57.1 Å². The number of carbonyl (C=O) groups is 1. The van der Waals surface area contributed by atoms with Gasteiger partial charge >= 0.3 is 5.97 Å². The zero-order valence-electron chi connectivity index (χ0n) is 50.1. The highest BCUT2D eigenvalue weighted by molar-refractivity contribution is 6.75. The highest BCUT2D eigenvalue weighted by atomic mass is 35.5. The van der Waals surface area contributed by atoms with Crippen LogP contribution in [0.25, 0.3) is 34.2 Å². The Morgan fingerprint density at radius 2 is 0.869 bits per heavy atom. The number of carbonyl (C=O) groups excluding carboxylic acids is 1. The fourth-order valence-corrected chi connectivity index (χ4v) is 11.9. The van der Waals surface area contributed by atoms with E-state index in [1.54, 1.807) is 19.3 Å². The van der Waals surface area contributed by atoms with Crippen LogP contribution in [0.4, 0.5) is 0 Å². The number of aryl methyl sites for hydroxylation is 3. The Morgan fingerprint density at radius 1 is 0.536 bits per heavy atom. The summed E-state index contributed by atoms with van der Waals surface area (Å²) in [5, 5.41) is 26.9. The van der Waals surface area contributed by atoms with Crippen LogP contribution in [0.2, 0.25) is 10.0 Å². The zero-order chi connectivity index (χ0) is 58.3. The van der Waals surface area contributed by atoms with Crippen molar-refractivity contribution in [2.45, 2.75) is 195 Å². The average molecular weight is 1210 g/mol. The molecule has 0 aromatic carbocycles. The van der Waals surface area contributed by atoms with Crippen LogP contribution in [-0.4, -0.2) is 109 Å². The van der Waals surface area contributed by atoms with E-state index in [0.717, 1.165) is 163 Å². The molecule has 6 aliphatic rings. The van der Waals surface area contributed by atoms with Crippen molar-refractivity contribution in [3.8, 4) is 34.2 Å². The second-order valence-electron chi connectivity index (χ2n) is 24.4. The van der Waals surface area contributed by atoms with E-state index in [-0.39, 0.29) is 25.8 Å². The number of hydrogen-bond acceptors (Lipinski definition) is 15. The first-order chi connectivity index (χ1) is 39.7. The van der Waals surface area contributed by atoms with Gasteiger partial charge in [-0.1, -0.05) is 85.8 Å². The molecule has 6 heterocycles. The van der Waals surface area contributed by atoms with E-state index >= 15 is 0 Å². The molecule has 23 heteroatoms. The summed E-state index contributed by atoms with van der Waals surface area (Å²) in [6, 6.07) is 2.34. The third kappa shape index (κ3) is 20.4. The molecule has 6 aliphatic carbocycles. The van der Waals surface area contributed by atoms with E-state index in [0.29, 0.717) is 34.5 Å². The number of halogens is 3. The van der Waals surface area contributed by atoms with Gasteiger partial charge in [0, 0.05) is 87.4 Å². The Bertz CT molecular complexity index is 2830. The summed E-state index contributed by atoms with van der Waals surface area (Å²) in [4.78, 5) is 37.7. The highest BCUT2D eigenvalue weighted by Crippen LogP contribution is 2.39. The number of rotatable bonds is 16. The van der Waals surface area contributed by atoms with Crippen molar-refractivity contribution < 1.29 is 9.53 Å². The minimum Gasteiger partial charge on any atom is -0.466 e. The molecule has 6 aromatic heterocycles. The van der Waals surface area contributed by atoms with Crippen molar-refractivity contribution in [1.82, 2.24) is 74.9 Å². The number of esters is 1. The van der Waals surface area contributed by atoms with Crippen LogP contribution in [0.15, 0.2) is 24.7 Å². The van der Waals surface area contributed by atoms with Crippen LogP contribution in [0.3, 0.4) is 0 Å². The first-order valence-electron chi connectivity index (χ1n) is 30.4. The monoisotopic (exact) mass is 1210 g/mol. The SMILES string of the molecule is C.CC1CCC(Cc2ncc(Cl)c(-c3nnn(C)c3CC3CC3)n2)CC1.CC1CCC(Cc2nccc(-c3nnn(C)c3CC3CC3)n2)CC1.CCOC(C)=O.Cl.Cn1nnc(-c2nc(CC3CCC(N)CC3)ncc2Cl)c1CC1CC1.[B][B]. The first-order valence-corrected chi connectivity index (χ1v) is 31.1. The van der Waals surface area contributed by atoms with Crippen LogP contribution in [0.5, 0.6) is 0 Å². The predicted octanol–water partition coefficient (Wildman–Crippen LogP) is 11.6. The topological polar surface area (TPSA) is 222 Å². The molecule has 0 aliphatic heterocycles. The second kappa shape index (κ2) is 33.3. The Morgan fingerprint density at radius 3 is 1.23 bits per heavy atom. The quantitative estimate of drug-likeness (QED) is 0.0703. The Balaban J connectivity index is 0.000000188. The number of aromatic nitrogens is 15. The van der Waals surface area contributed by atoms with Crippen molar-refractivity contribution in [1.29, 1.82) is 0 Å². The molecule has 0 unspecified atom stereocenters. The van der Waals surface area contributed by atoms with Gasteiger partial charge in [-0.05, 0) is 169 Å². The van der Waals surface area contributed by atoms with Crippen molar-refractivity contribution in [2.24, 2.45) is 74.2 Å². The minimum atomic E-state index is -0.211. The number of nitrogens with zero attached hydrogens (tertiary/aromatic N) is 15. The van der Waals surface area contributed by atoms with Gasteiger partial charge < -0.3 is 10.5 Å². The van der Waals surface area contributed by atoms with Gasteiger partial charge in [-0.15, -0.1) is 27.7 Å². The lowest BCUT2D eigenvalue weighted by Gasteiger charge is -2.25. The normalized spacial score (nSPS) is 21.7. The largest absolute Gasteiger partial charge is 0.466 e. The van der Waals surface area contributed by atoms with Crippen LogP contribution in [0, 0.1) is 47.3 Å². The Labute approximate surface area is 518 Å². The number of nitrogens with two attached hydrogens (primary N) is 1. The summed E-state index contributed by atoms with van der Waals surface area (Å²) >= 11 is 12.8. The van der Waals surface area contributed by atoms with Crippen molar-refractivity contribution in [2.75, 3.05) is 6.61 Å². The summed E-state index contributed by atoms with van der Waals surface area (Å²) in [7, 11) is 13.9. The molecule has 12 rings (SSSR count). The van der Waals surface area contributed by atoms with Gasteiger partial charge in [0.05, 0.1) is 39.4 Å². The third-order valence-electron chi connectivity index (χ3n) is 17.3. The molecule has 6 fully saturated rings. The summed E-state index contributed by atoms with van der Waals surface area (Å²) in [5.74, 6) is 8.62. The van der Waals surface area contributed by atoms with Gasteiger partial charge in [0.25, 0.3) is 0 Å². The first kappa shape index (κ1) is 68.2. The minimum absolute atomic E-state index is 0. The Kier molecular flexibility index (Phi) is 27.0. The van der Waals surface area contributed by atoms with Gasteiger partial charge in [0.1, 0.15) is 45.9 Å².